The highest BCUT2D eigenvalue weighted by Crippen LogP contribution is 2.43. The molecule has 0 unspecified atom stereocenters. The first-order valence-electron chi connectivity index (χ1n) is 5.95. The van der Waals surface area contributed by atoms with Gasteiger partial charge in [-0.15, -0.1) is 0 Å². The fourth-order valence-corrected chi connectivity index (χ4v) is 2.56. The van der Waals surface area contributed by atoms with E-state index in [4.69, 9.17) is 0 Å². The highest BCUT2D eigenvalue weighted by molar-refractivity contribution is 5.19. The quantitative estimate of drug-likeness (QED) is 0.833. The van der Waals surface area contributed by atoms with Gasteiger partial charge in [0.25, 0.3) is 0 Å². The molecule has 0 heterocycles. The molecule has 2 rings (SSSR count). The topological polar surface area (TPSA) is 20.2 Å². The molecule has 2 heteroatoms. The first-order chi connectivity index (χ1) is 7.48. The molecule has 16 heavy (non-hydrogen) atoms. The number of benzene rings is 1. The largest absolute Gasteiger partial charge is 0.390 e. The molecule has 1 aliphatic carbocycles. The van der Waals surface area contributed by atoms with E-state index in [1.807, 2.05) is 6.07 Å². The first-order valence-corrected chi connectivity index (χ1v) is 5.95. The lowest BCUT2D eigenvalue weighted by atomic mass is 9.64. The molecule has 1 aliphatic rings. The summed E-state index contributed by atoms with van der Waals surface area (Å²) in [5, 5.41) is 10.3. The summed E-state index contributed by atoms with van der Waals surface area (Å²) in [4.78, 5) is 0. The highest BCUT2D eigenvalue weighted by atomic mass is 19.1. The minimum Gasteiger partial charge on any atom is -0.390 e. The van der Waals surface area contributed by atoms with Crippen molar-refractivity contribution in [3.05, 3.63) is 35.6 Å². The second-order valence-electron chi connectivity index (χ2n) is 5.44. The molecule has 1 N–H and O–H groups in total. The van der Waals surface area contributed by atoms with Gasteiger partial charge in [-0.2, -0.15) is 0 Å². The van der Waals surface area contributed by atoms with Gasteiger partial charge in [0.1, 0.15) is 5.82 Å². The summed E-state index contributed by atoms with van der Waals surface area (Å²) >= 11 is 0. The third-order valence-electron chi connectivity index (χ3n) is 3.65. The van der Waals surface area contributed by atoms with Crippen LogP contribution in [0.15, 0.2) is 24.3 Å². The van der Waals surface area contributed by atoms with Gasteiger partial charge in [-0.05, 0) is 42.4 Å². The maximum absolute atomic E-state index is 13.0. The fraction of sp³-hybridized carbons (Fsp3) is 0.571. The van der Waals surface area contributed by atoms with E-state index in [9.17, 15) is 9.50 Å². The third kappa shape index (κ3) is 2.43. The Morgan fingerprint density at radius 1 is 1.44 bits per heavy atom. The van der Waals surface area contributed by atoms with E-state index in [2.05, 4.69) is 13.8 Å². The number of hydrogen-bond donors (Lipinski definition) is 1. The van der Waals surface area contributed by atoms with Crippen molar-refractivity contribution < 1.29 is 9.50 Å². The molecule has 0 atom stereocenters. The predicted molar refractivity (Wildman–Crippen MR) is 62.6 cm³/mol. The molecule has 0 saturated heterocycles. The van der Waals surface area contributed by atoms with Crippen molar-refractivity contribution in [2.24, 2.45) is 11.8 Å². The van der Waals surface area contributed by atoms with Crippen LogP contribution in [-0.2, 0) is 6.42 Å². The molecule has 1 fully saturated rings. The molecule has 1 aromatic rings. The van der Waals surface area contributed by atoms with E-state index in [1.54, 1.807) is 6.07 Å². The van der Waals surface area contributed by atoms with Crippen LogP contribution in [0, 0.1) is 17.7 Å². The summed E-state index contributed by atoms with van der Waals surface area (Å²) < 4.78 is 13.0. The average molecular weight is 222 g/mol. The lowest BCUT2D eigenvalue weighted by molar-refractivity contribution is -0.0860. The minimum absolute atomic E-state index is 0.221. The van der Waals surface area contributed by atoms with Gasteiger partial charge in [-0.25, -0.2) is 4.39 Å². The van der Waals surface area contributed by atoms with Crippen LogP contribution < -0.4 is 0 Å². The zero-order valence-corrected chi connectivity index (χ0v) is 9.91. The molecule has 0 amide bonds. The number of rotatable bonds is 3. The summed E-state index contributed by atoms with van der Waals surface area (Å²) in [6.45, 7) is 4.37. The van der Waals surface area contributed by atoms with Crippen LogP contribution in [-0.4, -0.2) is 10.7 Å². The Hall–Kier alpha value is -0.890. The lowest BCUT2D eigenvalue weighted by Gasteiger charge is -2.46. The van der Waals surface area contributed by atoms with Crippen LogP contribution in [0.3, 0.4) is 0 Å². The molecule has 0 aliphatic heterocycles. The normalized spacial score (nSPS) is 29.2. The Bertz CT molecular complexity index is 367. The molecule has 0 bridgehead atoms. The Morgan fingerprint density at radius 3 is 2.69 bits per heavy atom. The van der Waals surface area contributed by atoms with Crippen LogP contribution in [0.5, 0.6) is 0 Å². The van der Waals surface area contributed by atoms with E-state index in [1.165, 1.54) is 12.1 Å². The Morgan fingerprint density at radius 2 is 2.12 bits per heavy atom. The number of halogens is 1. The van der Waals surface area contributed by atoms with Crippen LogP contribution in [0.4, 0.5) is 4.39 Å². The molecule has 0 aromatic heterocycles. The molecule has 0 spiro atoms. The molecule has 88 valence electrons. The highest BCUT2D eigenvalue weighted by Gasteiger charge is 2.43. The van der Waals surface area contributed by atoms with Crippen molar-refractivity contribution in [3.8, 4) is 0 Å². The van der Waals surface area contributed by atoms with Crippen molar-refractivity contribution in [3.63, 3.8) is 0 Å². The Labute approximate surface area is 96.3 Å². The molecular formula is C14H19FO. The second kappa shape index (κ2) is 4.17. The Balaban J connectivity index is 1.96. The summed E-state index contributed by atoms with van der Waals surface area (Å²) in [7, 11) is 0. The van der Waals surface area contributed by atoms with Gasteiger partial charge in [0, 0.05) is 6.42 Å². The van der Waals surface area contributed by atoms with Crippen molar-refractivity contribution >= 4 is 0 Å². The van der Waals surface area contributed by atoms with Crippen molar-refractivity contribution in [1.29, 1.82) is 0 Å². The van der Waals surface area contributed by atoms with E-state index in [0.717, 1.165) is 18.4 Å². The van der Waals surface area contributed by atoms with Gasteiger partial charge in [-0.3, -0.25) is 0 Å². The van der Waals surface area contributed by atoms with Crippen LogP contribution in [0.2, 0.25) is 0 Å². The van der Waals surface area contributed by atoms with Crippen molar-refractivity contribution in [2.75, 3.05) is 0 Å². The van der Waals surface area contributed by atoms with Gasteiger partial charge in [0.15, 0.2) is 0 Å². The van der Waals surface area contributed by atoms with Crippen LogP contribution in [0.1, 0.15) is 32.3 Å². The zero-order valence-electron chi connectivity index (χ0n) is 9.91. The maximum atomic E-state index is 13.0. The first kappa shape index (κ1) is 11.6. The van der Waals surface area contributed by atoms with Gasteiger partial charge in [-0.1, -0.05) is 26.0 Å². The summed E-state index contributed by atoms with van der Waals surface area (Å²) in [5.41, 5.74) is 0.299. The predicted octanol–water partition coefficient (Wildman–Crippen LogP) is 3.17. The van der Waals surface area contributed by atoms with Gasteiger partial charge in [0.05, 0.1) is 5.60 Å². The third-order valence-corrected chi connectivity index (χ3v) is 3.65. The molecule has 1 nitrogen and oxygen atoms in total. The van der Waals surface area contributed by atoms with Crippen LogP contribution in [0.25, 0.3) is 0 Å². The Kier molecular flexibility index (Phi) is 3.02. The van der Waals surface area contributed by atoms with Crippen LogP contribution >= 0.6 is 0 Å². The maximum Gasteiger partial charge on any atom is 0.123 e. The number of aliphatic hydroxyl groups is 1. The number of hydrogen-bond acceptors (Lipinski definition) is 1. The molecule has 1 saturated carbocycles. The average Bonchev–Trinajstić information content (AvgIpc) is 2.13. The second-order valence-corrected chi connectivity index (χ2v) is 5.44. The summed E-state index contributed by atoms with van der Waals surface area (Å²) in [5.74, 6) is 1.03. The monoisotopic (exact) mass is 222 g/mol. The zero-order chi connectivity index (χ0) is 11.8. The van der Waals surface area contributed by atoms with Gasteiger partial charge < -0.3 is 5.11 Å². The summed E-state index contributed by atoms with van der Waals surface area (Å²) in [6.07, 6.45) is 2.27. The minimum atomic E-state index is -0.595. The smallest absolute Gasteiger partial charge is 0.123 e. The molecule has 0 radical (unpaired) electrons. The molecule has 1 aromatic carbocycles. The van der Waals surface area contributed by atoms with E-state index >= 15 is 0 Å². The standard InChI is InChI=1S/C14H19FO/c1-10(2)12-8-14(16,9-12)7-11-4-3-5-13(15)6-11/h3-6,10,12,16H,7-9H2,1-2H3. The van der Waals surface area contributed by atoms with Gasteiger partial charge in [0.2, 0.25) is 0 Å². The van der Waals surface area contributed by atoms with Crippen molar-refractivity contribution in [2.45, 2.75) is 38.7 Å². The van der Waals surface area contributed by atoms with E-state index in [-0.39, 0.29) is 5.82 Å². The van der Waals surface area contributed by atoms with Gasteiger partial charge >= 0.3 is 0 Å². The van der Waals surface area contributed by atoms with E-state index in [0.29, 0.717) is 18.3 Å². The SMILES string of the molecule is CC(C)C1CC(O)(Cc2cccc(F)c2)C1. The summed E-state index contributed by atoms with van der Waals surface area (Å²) in [6, 6.07) is 6.53. The fourth-order valence-electron chi connectivity index (χ4n) is 2.56. The lowest BCUT2D eigenvalue weighted by Crippen LogP contribution is -2.47. The van der Waals surface area contributed by atoms with E-state index < -0.39 is 5.60 Å². The van der Waals surface area contributed by atoms with Crippen molar-refractivity contribution in [1.82, 2.24) is 0 Å². The molecular weight excluding hydrogens is 203 g/mol.